The van der Waals surface area contributed by atoms with Crippen molar-refractivity contribution in [1.82, 2.24) is 20.3 Å². The molecule has 2 N–H and O–H groups in total. The van der Waals surface area contributed by atoms with Crippen molar-refractivity contribution in [2.24, 2.45) is 0 Å². The Morgan fingerprint density at radius 1 is 1.50 bits per heavy atom. The number of anilines is 1. The molecule has 0 amide bonds. The second kappa shape index (κ2) is 6.02. The number of pyridine rings is 1. The monoisotopic (exact) mass is 323 g/mol. The van der Waals surface area contributed by atoms with E-state index in [0.29, 0.717) is 24.5 Å². The summed E-state index contributed by atoms with van der Waals surface area (Å²) < 4.78 is 13.3. The van der Waals surface area contributed by atoms with Crippen LogP contribution in [-0.4, -0.2) is 40.6 Å². The molecule has 3 rings (SSSR count). The van der Waals surface area contributed by atoms with Gasteiger partial charge in [0.25, 0.3) is 5.56 Å². The van der Waals surface area contributed by atoms with E-state index in [-0.39, 0.29) is 16.9 Å². The van der Waals surface area contributed by atoms with Gasteiger partial charge in [0.15, 0.2) is 5.82 Å². The normalized spacial score (nSPS) is 18.5. The maximum atomic E-state index is 13.3. The Bertz CT molecular complexity index is 750. The number of piperazine rings is 1. The first kappa shape index (κ1) is 14.9. The number of hydrogen-bond acceptors (Lipinski definition) is 5. The van der Waals surface area contributed by atoms with Gasteiger partial charge < -0.3 is 15.2 Å². The van der Waals surface area contributed by atoms with Crippen molar-refractivity contribution in [3.05, 3.63) is 39.7 Å². The van der Waals surface area contributed by atoms with Gasteiger partial charge in [-0.2, -0.15) is 4.39 Å². The summed E-state index contributed by atoms with van der Waals surface area (Å²) in [5.74, 6) is 0.0651. The third-order valence-corrected chi connectivity index (χ3v) is 3.85. The highest BCUT2D eigenvalue weighted by atomic mass is 35.5. The summed E-state index contributed by atoms with van der Waals surface area (Å²) in [6.07, 6.45) is 1.33. The summed E-state index contributed by atoms with van der Waals surface area (Å²) >= 11 is 6.11. The number of nitrogens with one attached hydrogen (secondary N) is 2. The number of nitrogens with zero attached hydrogens (tertiary/aromatic N) is 3. The van der Waals surface area contributed by atoms with Gasteiger partial charge in [-0.3, -0.25) is 4.79 Å². The molecule has 1 aliphatic rings. The Hall–Kier alpha value is -1.99. The Balaban J connectivity index is 2.05. The zero-order chi connectivity index (χ0) is 15.7. The molecule has 22 heavy (non-hydrogen) atoms. The maximum absolute atomic E-state index is 13.3. The predicted molar refractivity (Wildman–Crippen MR) is 82.7 cm³/mol. The van der Waals surface area contributed by atoms with Gasteiger partial charge in [-0.1, -0.05) is 11.6 Å². The van der Waals surface area contributed by atoms with Crippen LogP contribution in [-0.2, 0) is 0 Å². The molecule has 8 heteroatoms. The van der Waals surface area contributed by atoms with Gasteiger partial charge in [-0.05, 0) is 13.0 Å². The van der Waals surface area contributed by atoms with Crippen LogP contribution in [0.5, 0.6) is 0 Å². The molecule has 3 heterocycles. The first-order valence-electron chi connectivity index (χ1n) is 6.94. The molecular weight excluding hydrogens is 309 g/mol. The topological polar surface area (TPSA) is 73.9 Å². The smallest absolute Gasteiger partial charge is 0.272 e. The number of H-pyrrole nitrogens is 1. The highest BCUT2D eigenvalue weighted by molar-refractivity contribution is 6.32. The SMILES string of the molecule is C[C@H]1CN(c2nc(-c3ccnc(F)c3)[nH]c(=O)c2Cl)CCN1. The lowest BCUT2D eigenvalue weighted by Crippen LogP contribution is -2.50. The summed E-state index contributed by atoms with van der Waals surface area (Å²) in [5, 5.41) is 3.36. The van der Waals surface area contributed by atoms with Crippen molar-refractivity contribution in [1.29, 1.82) is 0 Å². The second-order valence-corrected chi connectivity index (χ2v) is 5.60. The Morgan fingerprint density at radius 2 is 2.32 bits per heavy atom. The molecule has 6 nitrogen and oxygen atoms in total. The first-order valence-corrected chi connectivity index (χ1v) is 7.32. The Labute approximate surface area is 131 Å². The molecule has 1 saturated heterocycles. The van der Waals surface area contributed by atoms with Gasteiger partial charge >= 0.3 is 0 Å². The molecule has 2 aromatic heterocycles. The van der Waals surface area contributed by atoms with E-state index in [1.165, 1.54) is 12.3 Å². The molecule has 0 aliphatic carbocycles. The number of rotatable bonds is 2. The number of hydrogen-bond donors (Lipinski definition) is 2. The molecule has 0 spiro atoms. The lowest BCUT2D eigenvalue weighted by molar-refractivity contribution is 0.482. The number of halogens is 2. The average molecular weight is 324 g/mol. The van der Waals surface area contributed by atoms with Crippen LogP contribution >= 0.6 is 11.6 Å². The summed E-state index contributed by atoms with van der Waals surface area (Å²) in [5.41, 5.74) is 0.00997. The minimum Gasteiger partial charge on any atom is -0.352 e. The van der Waals surface area contributed by atoms with Crippen LogP contribution in [0.1, 0.15) is 6.92 Å². The summed E-state index contributed by atoms with van der Waals surface area (Å²) in [4.78, 5) is 24.5. The summed E-state index contributed by atoms with van der Waals surface area (Å²) in [6.45, 7) is 4.22. The first-order chi connectivity index (χ1) is 10.5. The van der Waals surface area contributed by atoms with E-state index in [4.69, 9.17) is 11.6 Å². The molecule has 1 fully saturated rings. The van der Waals surface area contributed by atoms with Gasteiger partial charge in [0, 0.05) is 43.5 Å². The zero-order valence-corrected chi connectivity index (χ0v) is 12.7. The van der Waals surface area contributed by atoms with Crippen molar-refractivity contribution in [2.75, 3.05) is 24.5 Å². The zero-order valence-electron chi connectivity index (χ0n) is 11.9. The van der Waals surface area contributed by atoms with E-state index in [1.54, 1.807) is 6.07 Å². The Kier molecular flexibility index (Phi) is 4.08. The third-order valence-electron chi connectivity index (χ3n) is 3.51. The fourth-order valence-corrected chi connectivity index (χ4v) is 2.68. The van der Waals surface area contributed by atoms with Crippen LogP contribution in [0.4, 0.5) is 10.2 Å². The molecule has 0 radical (unpaired) electrons. The minimum atomic E-state index is -0.632. The standard InChI is InChI=1S/C14H15ClFN5O/c1-8-7-21(5-4-17-8)13-11(15)14(22)20-12(19-13)9-2-3-18-10(16)6-9/h2-3,6,8,17H,4-5,7H2,1H3,(H,19,20,22)/t8-/m0/s1. The van der Waals surface area contributed by atoms with Crippen LogP contribution < -0.4 is 15.8 Å². The van der Waals surface area contributed by atoms with Gasteiger partial charge in [0.2, 0.25) is 5.95 Å². The minimum absolute atomic E-state index is 0.0485. The predicted octanol–water partition coefficient (Wildman–Crippen LogP) is 1.42. The second-order valence-electron chi connectivity index (χ2n) is 5.22. The van der Waals surface area contributed by atoms with Crippen molar-refractivity contribution >= 4 is 17.4 Å². The third kappa shape index (κ3) is 2.95. The van der Waals surface area contributed by atoms with Crippen LogP contribution in [0.2, 0.25) is 5.02 Å². The van der Waals surface area contributed by atoms with Crippen molar-refractivity contribution in [3.63, 3.8) is 0 Å². The fourth-order valence-electron chi connectivity index (χ4n) is 2.47. The van der Waals surface area contributed by atoms with Crippen LogP contribution in [0.15, 0.2) is 23.1 Å². The number of aromatic nitrogens is 3. The summed E-state index contributed by atoms with van der Waals surface area (Å²) in [7, 11) is 0. The molecule has 0 saturated carbocycles. The molecule has 0 aromatic carbocycles. The average Bonchev–Trinajstić information content (AvgIpc) is 2.50. The van der Waals surface area contributed by atoms with E-state index < -0.39 is 11.5 Å². The van der Waals surface area contributed by atoms with Crippen LogP contribution in [0.25, 0.3) is 11.4 Å². The van der Waals surface area contributed by atoms with Crippen molar-refractivity contribution in [3.8, 4) is 11.4 Å². The molecule has 0 bridgehead atoms. The summed E-state index contributed by atoms with van der Waals surface area (Å²) in [6, 6.07) is 3.07. The van der Waals surface area contributed by atoms with Gasteiger partial charge in [0.1, 0.15) is 10.8 Å². The highest BCUT2D eigenvalue weighted by Gasteiger charge is 2.22. The van der Waals surface area contributed by atoms with E-state index in [9.17, 15) is 9.18 Å². The highest BCUT2D eigenvalue weighted by Crippen LogP contribution is 2.24. The maximum Gasteiger partial charge on any atom is 0.272 e. The van der Waals surface area contributed by atoms with Crippen molar-refractivity contribution in [2.45, 2.75) is 13.0 Å². The van der Waals surface area contributed by atoms with Gasteiger partial charge in [0.05, 0.1) is 0 Å². The molecular formula is C14H15ClFN5O. The molecule has 1 atom stereocenters. The van der Waals surface area contributed by atoms with E-state index in [0.717, 1.165) is 6.54 Å². The number of aromatic amines is 1. The van der Waals surface area contributed by atoms with E-state index in [2.05, 4.69) is 20.3 Å². The van der Waals surface area contributed by atoms with Crippen LogP contribution in [0, 0.1) is 5.95 Å². The lowest BCUT2D eigenvalue weighted by Gasteiger charge is -2.33. The molecule has 2 aromatic rings. The molecule has 116 valence electrons. The lowest BCUT2D eigenvalue weighted by atomic mass is 10.2. The fraction of sp³-hybridized carbons (Fsp3) is 0.357. The van der Waals surface area contributed by atoms with E-state index >= 15 is 0 Å². The molecule has 1 aliphatic heterocycles. The van der Waals surface area contributed by atoms with Crippen molar-refractivity contribution < 1.29 is 4.39 Å². The van der Waals surface area contributed by atoms with E-state index in [1.807, 2.05) is 11.8 Å². The van der Waals surface area contributed by atoms with Crippen LogP contribution in [0.3, 0.4) is 0 Å². The largest absolute Gasteiger partial charge is 0.352 e. The quantitative estimate of drug-likeness (QED) is 0.818. The van der Waals surface area contributed by atoms with Gasteiger partial charge in [-0.15, -0.1) is 0 Å². The van der Waals surface area contributed by atoms with Gasteiger partial charge in [-0.25, -0.2) is 9.97 Å². The Morgan fingerprint density at radius 3 is 3.05 bits per heavy atom. The molecule has 0 unspecified atom stereocenters.